The van der Waals surface area contributed by atoms with Crippen LogP contribution >= 0.6 is 0 Å². The van der Waals surface area contributed by atoms with Crippen LogP contribution < -0.4 is 16.0 Å². The van der Waals surface area contributed by atoms with E-state index in [0.717, 1.165) is 18.4 Å². The van der Waals surface area contributed by atoms with Crippen molar-refractivity contribution >= 4 is 32.1 Å². The van der Waals surface area contributed by atoms with Crippen LogP contribution in [0.2, 0.25) is 0 Å². The molecule has 0 fully saturated rings. The number of hydrogen-bond donors (Lipinski definition) is 1. The zero-order valence-electron chi connectivity index (χ0n) is 21.6. The molecule has 0 saturated carbocycles. The summed E-state index contributed by atoms with van der Waals surface area (Å²) in [5.74, 6) is -1.78. The summed E-state index contributed by atoms with van der Waals surface area (Å²) in [5, 5.41) is 0.583. The second-order valence-corrected chi connectivity index (χ2v) is 12.2. The number of sulfone groups is 1. The molecule has 0 amide bonds. The van der Waals surface area contributed by atoms with E-state index in [1.165, 1.54) is 21.3 Å². The maximum absolute atomic E-state index is 15.5. The van der Waals surface area contributed by atoms with Crippen molar-refractivity contribution in [2.24, 2.45) is 7.05 Å². The second-order valence-electron chi connectivity index (χ2n) is 10.0. The molecule has 0 aliphatic carbocycles. The molecule has 1 aliphatic heterocycles. The zero-order valence-corrected chi connectivity index (χ0v) is 22.4. The normalized spacial score (nSPS) is 14.8. The van der Waals surface area contributed by atoms with E-state index < -0.39 is 27.5 Å². The molecular weight excluding hydrogens is 538 g/mol. The predicted octanol–water partition coefficient (Wildman–Crippen LogP) is 4.41. The first-order valence-electron chi connectivity index (χ1n) is 12.4. The fourth-order valence-corrected chi connectivity index (χ4v) is 6.30. The highest BCUT2D eigenvalue weighted by atomic mass is 32.2. The third kappa shape index (κ3) is 4.32. The van der Waals surface area contributed by atoms with Crippen LogP contribution in [-0.2, 0) is 29.2 Å². The fourth-order valence-electron chi connectivity index (χ4n) is 5.52. The first-order valence-corrected chi connectivity index (χ1v) is 14.5. The number of aryl methyl sites for hydroxylation is 1. The van der Waals surface area contributed by atoms with Crippen molar-refractivity contribution in [2.45, 2.75) is 18.3 Å². The average Bonchev–Trinajstić information content (AvgIpc) is 3.29. The summed E-state index contributed by atoms with van der Waals surface area (Å²) in [4.78, 5) is 30.7. The molecule has 11 heteroatoms. The Morgan fingerprint density at radius 3 is 2.48 bits per heavy atom. The molecule has 0 saturated heterocycles. The Morgan fingerprint density at radius 1 is 0.975 bits per heavy atom. The van der Waals surface area contributed by atoms with Crippen molar-refractivity contribution in [1.82, 2.24) is 14.1 Å². The van der Waals surface area contributed by atoms with Gasteiger partial charge >= 0.3 is 0 Å². The van der Waals surface area contributed by atoms with Crippen molar-refractivity contribution in [1.29, 1.82) is 0 Å². The number of rotatable bonds is 5. The first-order chi connectivity index (χ1) is 19.0. The molecule has 0 radical (unpaired) electrons. The number of halogens is 2. The lowest BCUT2D eigenvalue weighted by Gasteiger charge is -2.34. The summed E-state index contributed by atoms with van der Waals surface area (Å²) >= 11 is 0. The first kappa shape index (κ1) is 25.8. The Bertz CT molecular complexity index is 2050. The van der Waals surface area contributed by atoms with Gasteiger partial charge in [0.1, 0.15) is 17.2 Å². The molecule has 2 aromatic carbocycles. The lowest BCUT2D eigenvalue weighted by atomic mass is 9.98. The molecule has 0 spiro atoms. The highest BCUT2D eigenvalue weighted by Crippen LogP contribution is 2.49. The number of anilines is 2. The number of aromatic nitrogens is 3. The van der Waals surface area contributed by atoms with Gasteiger partial charge in [-0.3, -0.25) is 9.59 Å². The van der Waals surface area contributed by atoms with Gasteiger partial charge in [0.05, 0.1) is 24.0 Å². The number of nitrogens with zero attached hydrogens (tertiary/aromatic N) is 3. The predicted molar refractivity (Wildman–Crippen MR) is 149 cm³/mol. The van der Waals surface area contributed by atoms with Crippen molar-refractivity contribution in [2.75, 3.05) is 11.2 Å². The molecule has 40 heavy (non-hydrogen) atoms. The number of pyridine rings is 2. The maximum atomic E-state index is 15.5. The molecule has 1 N–H and O–H groups in total. The van der Waals surface area contributed by atoms with Gasteiger partial charge in [0.25, 0.3) is 11.1 Å². The number of hydrogen-bond acceptors (Lipinski definition) is 5. The zero-order chi connectivity index (χ0) is 28.3. The highest BCUT2D eigenvalue weighted by Gasteiger charge is 2.34. The number of nitrogens with one attached hydrogen (secondary N) is 1. The van der Waals surface area contributed by atoms with E-state index >= 15 is 4.39 Å². The van der Waals surface area contributed by atoms with Gasteiger partial charge in [-0.2, -0.15) is 0 Å². The van der Waals surface area contributed by atoms with E-state index in [2.05, 4.69) is 4.98 Å². The van der Waals surface area contributed by atoms with E-state index in [0.29, 0.717) is 38.8 Å². The van der Waals surface area contributed by atoms with Gasteiger partial charge < -0.3 is 19.0 Å². The summed E-state index contributed by atoms with van der Waals surface area (Å²) in [6.45, 7) is 0.0720. The van der Waals surface area contributed by atoms with Gasteiger partial charge in [-0.05, 0) is 35.9 Å². The third-order valence-electron chi connectivity index (χ3n) is 7.19. The van der Waals surface area contributed by atoms with E-state index in [4.69, 9.17) is 0 Å². The molecule has 4 heterocycles. The fraction of sp³-hybridized carbons (Fsp3) is 0.172. The molecule has 1 aliphatic rings. The van der Waals surface area contributed by atoms with Crippen LogP contribution in [0.5, 0.6) is 0 Å². The Balaban J connectivity index is 1.73. The number of H-pyrrole nitrogens is 1. The monoisotopic (exact) mass is 562 g/mol. The smallest absolute Gasteiger partial charge is 0.274 e. The average molecular weight is 563 g/mol. The van der Waals surface area contributed by atoms with E-state index in [9.17, 15) is 22.4 Å². The van der Waals surface area contributed by atoms with Crippen LogP contribution in [-0.4, -0.2) is 28.8 Å². The molecule has 0 unspecified atom stereocenters. The van der Waals surface area contributed by atoms with Crippen LogP contribution in [0, 0.1) is 11.6 Å². The Hall–Kier alpha value is -4.51. The molecule has 3 aromatic heterocycles. The molecule has 6 rings (SSSR count). The maximum Gasteiger partial charge on any atom is 0.274 e. The molecule has 204 valence electrons. The van der Waals surface area contributed by atoms with Gasteiger partial charge in [-0.15, -0.1) is 0 Å². The summed E-state index contributed by atoms with van der Waals surface area (Å²) in [5.41, 5.74) is 2.67. The number of benzene rings is 2. The minimum Gasteiger partial charge on any atom is -0.356 e. The summed E-state index contributed by atoms with van der Waals surface area (Å²) in [6.07, 6.45) is 6.10. The van der Waals surface area contributed by atoms with E-state index in [1.807, 2.05) is 0 Å². The number of aromatic amines is 1. The van der Waals surface area contributed by atoms with E-state index in [1.54, 1.807) is 60.9 Å². The highest BCUT2D eigenvalue weighted by molar-refractivity contribution is 7.89. The largest absolute Gasteiger partial charge is 0.356 e. The molecule has 5 aromatic rings. The van der Waals surface area contributed by atoms with Crippen LogP contribution in [0.1, 0.15) is 17.2 Å². The quantitative estimate of drug-likeness (QED) is 0.342. The molecule has 0 bridgehead atoms. The Kier molecular flexibility index (Phi) is 5.99. The lowest BCUT2D eigenvalue weighted by Crippen LogP contribution is -2.31. The topological polar surface area (TPSA) is 97.2 Å². The van der Waals surface area contributed by atoms with Gasteiger partial charge in [-0.1, -0.05) is 12.1 Å². The molecule has 8 nitrogen and oxygen atoms in total. The van der Waals surface area contributed by atoms with Gasteiger partial charge in [-0.25, -0.2) is 17.2 Å². The number of fused-ring (bicyclic) bond motifs is 2. The van der Waals surface area contributed by atoms with Crippen molar-refractivity contribution in [3.05, 3.63) is 117 Å². The van der Waals surface area contributed by atoms with Crippen LogP contribution in [0.15, 0.2) is 82.8 Å². The Labute approximate surface area is 227 Å². The third-order valence-corrected chi connectivity index (χ3v) is 8.04. The summed E-state index contributed by atoms with van der Waals surface area (Å²) in [7, 11) is -1.76. The van der Waals surface area contributed by atoms with Crippen LogP contribution in [0.3, 0.4) is 0 Å². The van der Waals surface area contributed by atoms with Crippen molar-refractivity contribution in [3.8, 4) is 11.1 Å². The molecular formula is C29H24F2N4O4S. The van der Waals surface area contributed by atoms with Crippen LogP contribution in [0.4, 0.5) is 20.2 Å². The SMILES string of the molecule is Cn1cc2c3c(c[nH]c3c1=O)[C@H](Cn1ccccc1=O)N(c1ccc(F)cc1F)c1ccc(CS(C)(=O)=O)cc1-2. The standard InChI is InChI=1S/C29H24F2N4O4S/c1-33-14-21-19-11-17(16-40(2,38)39)6-8-23(19)35(24-9-7-18(30)12-22(24)31)25(15-34-10-4-3-5-26(34)36)20-13-32-28(27(20)21)29(33)37/h3-14,25,32H,15-16H2,1-2H3/t25-/m0/s1. The second kappa shape index (κ2) is 9.30. The minimum absolute atomic E-state index is 0.0568. The van der Waals surface area contributed by atoms with Crippen molar-refractivity contribution < 1.29 is 17.2 Å². The molecule has 1 atom stereocenters. The van der Waals surface area contributed by atoms with Crippen molar-refractivity contribution in [3.63, 3.8) is 0 Å². The van der Waals surface area contributed by atoms with Crippen LogP contribution in [0.25, 0.3) is 22.0 Å². The Morgan fingerprint density at radius 2 is 1.75 bits per heavy atom. The van der Waals surface area contributed by atoms with Gasteiger partial charge in [0.15, 0.2) is 9.84 Å². The van der Waals surface area contributed by atoms with Gasteiger partial charge in [0, 0.05) is 71.8 Å². The summed E-state index contributed by atoms with van der Waals surface area (Å²) < 4.78 is 56.8. The lowest BCUT2D eigenvalue weighted by molar-refractivity contribution is 0.538. The minimum atomic E-state index is -3.38. The van der Waals surface area contributed by atoms with E-state index in [-0.39, 0.29) is 29.1 Å². The summed E-state index contributed by atoms with van der Waals surface area (Å²) in [6, 6.07) is 12.4. The van der Waals surface area contributed by atoms with Gasteiger partial charge in [0.2, 0.25) is 0 Å².